The smallest absolute Gasteiger partial charge is 0.254 e. The lowest BCUT2D eigenvalue weighted by Gasteiger charge is -2.45. The van der Waals surface area contributed by atoms with Crippen LogP contribution in [0, 0.1) is 0 Å². The topological polar surface area (TPSA) is 77.1 Å². The van der Waals surface area contributed by atoms with E-state index in [0.29, 0.717) is 48.9 Å². The van der Waals surface area contributed by atoms with Gasteiger partial charge >= 0.3 is 0 Å². The fraction of sp³-hybridized carbons (Fsp3) is 0.440. The number of hydrogen-bond donors (Lipinski definition) is 1. The molecule has 2 aromatic carbocycles. The summed E-state index contributed by atoms with van der Waals surface area (Å²) in [7, 11) is 3.10. The molecule has 32 heavy (non-hydrogen) atoms. The normalized spacial score (nSPS) is 19.0. The van der Waals surface area contributed by atoms with E-state index < -0.39 is 5.92 Å². The van der Waals surface area contributed by atoms with Crippen LogP contribution < -0.4 is 14.8 Å². The van der Waals surface area contributed by atoms with Crippen molar-refractivity contribution in [2.45, 2.75) is 31.7 Å². The van der Waals surface area contributed by atoms with E-state index in [4.69, 9.17) is 14.2 Å². The molecule has 0 saturated heterocycles. The number of carbonyl (C=O) groups excluding carboxylic acids is 2. The van der Waals surface area contributed by atoms with E-state index in [2.05, 4.69) is 11.4 Å². The van der Waals surface area contributed by atoms with Crippen molar-refractivity contribution < 1.29 is 23.8 Å². The Labute approximate surface area is 188 Å². The lowest BCUT2D eigenvalue weighted by atomic mass is 9.75. The molecule has 2 atom stereocenters. The molecule has 0 aliphatic carbocycles. The zero-order valence-electron chi connectivity index (χ0n) is 18.8. The minimum absolute atomic E-state index is 0.0825. The Morgan fingerprint density at radius 3 is 2.62 bits per heavy atom. The van der Waals surface area contributed by atoms with Gasteiger partial charge < -0.3 is 24.4 Å². The molecule has 1 N–H and O–H groups in total. The van der Waals surface area contributed by atoms with Crippen LogP contribution in [0.3, 0.4) is 0 Å². The van der Waals surface area contributed by atoms with E-state index in [1.54, 1.807) is 26.4 Å². The molecule has 0 spiro atoms. The van der Waals surface area contributed by atoms with Crippen LogP contribution in [0.2, 0.25) is 0 Å². The Hall–Kier alpha value is -3.06. The molecule has 7 heteroatoms. The van der Waals surface area contributed by atoms with Gasteiger partial charge in [0, 0.05) is 31.9 Å². The van der Waals surface area contributed by atoms with Gasteiger partial charge in [0.2, 0.25) is 5.91 Å². The third-order valence-corrected chi connectivity index (χ3v) is 6.28. The van der Waals surface area contributed by atoms with Crippen LogP contribution in [-0.2, 0) is 16.0 Å². The Balaban J connectivity index is 1.77. The molecule has 0 saturated carbocycles. The molecule has 0 aromatic heterocycles. The van der Waals surface area contributed by atoms with Gasteiger partial charge in [0.05, 0.1) is 26.2 Å². The highest BCUT2D eigenvalue weighted by Gasteiger charge is 2.46. The summed E-state index contributed by atoms with van der Waals surface area (Å²) in [6, 6.07) is 11.2. The second-order valence-corrected chi connectivity index (χ2v) is 8.01. The second-order valence-electron chi connectivity index (χ2n) is 8.01. The SMILES string of the molecule is CCOCCCNC(=O)[C@H]1c2cc(OC)c(OC)cc2C(=O)N2CCc3ccccc3[C@H]12. The Bertz CT molecular complexity index is 1010. The first-order chi connectivity index (χ1) is 15.6. The molecule has 2 amide bonds. The zero-order valence-corrected chi connectivity index (χ0v) is 18.8. The van der Waals surface area contributed by atoms with Crippen molar-refractivity contribution in [3.05, 3.63) is 58.7 Å². The minimum atomic E-state index is -0.545. The molecule has 2 aliphatic rings. The summed E-state index contributed by atoms with van der Waals surface area (Å²) < 4.78 is 16.3. The molecule has 0 unspecified atom stereocenters. The maximum atomic E-state index is 13.6. The molecule has 4 rings (SSSR count). The lowest BCUT2D eigenvalue weighted by Crippen LogP contribution is -2.50. The van der Waals surface area contributed by atoms with Crippen molar-refractivity contribution in [3.63, 3.8) is 0 Å². The van der Waals surface area contributed by atoms with Gasteiger partial charge in [-0.3, -0.25) is 9.59 Å². The second kappa shape index (κ2) is 9.61. The number of nitrogens with zero attached hydrogens (tertiary/aromatic N) is 1. The highest BCUT2D eigenvalue weighted by atomic mass is 16.5. The minimum Gasteiger partial charge on any atom is -0.493 e. The van der Waals surface area contributed by atoms with Crippen LogP contribution in [0.25, 0.3) is 0 Å². The largest absolute Gasteiger partial charge is 0.493 e. The van der Waals surface area contributed by atoms with Crippen LogP contribution in [-0.4, -0.2) is 57.2 Å². The summed E-state index contributed by atoms with van der Waals surface area (Å²) >= 11 is 0. The van der Waals surface area contributed by atoms with E-state index in [1.165, 1.54) is 5.56 Å². The first kappa shape index (κ1) is 22.1. The highest BCUT2D eigenvalue weighted by molar-refractivity contribution is 6.02. The van der Waals surface area contributed by atoms with Gasteiger partial charge in [-0.15, -0.1) is 0 Å². The van der Waals surface area contributed by atoms with Crippen LogP contribution in [0.4, 0.5) is 0 Å². The number of nitrogens with one attached hydrogen (secondary N) is 1. The summed E-state index contributed by atoms with van der Waals surface area (Å²) in [6.07, 6.45) is 1.50. The molecule has 2 aromatic rings. The average Bonchev–Trinajstić information content (AvgIpc) is 2.83. The first-order valence-electron chi connectivity index (χ1n) is 11.1. The van der Waals surface area contributed by atoms with Crippen molar-refractivity contribution in [1.29, 1.82) is 0 Å². The van der Waals surface area contributed by atoms with Crippen LogP contribution in [0.1, 0.15) is 52.4 Å². The summed E-state index contributed by atoms with van der Waals surface area (Å²) in [5.74, 6) is 0.253. The number of amides is 2. The number of benzene rings is 2. The Morgan fingerprint density at radius 1 is 1.12 bits per heavy atom. The van der Waals surface area contributed by atoms with Crippen molar-refractivity contribution in [2.75, 3.05) is 40.5 Å². The monoisotopic (exact) mass is 438 g/mol. The van der Waals surface area contributed by atoms with E-state index in [0.717, 1.165) is 18.4 Å². The molecule has 170 valence electrons. The predicted octanol–water partition coefficient (Wildman–Crippen LogP) is 3.08. The van der Waals surface area contributed by atoms with E-state index in [9.17, 15) is 9.59 Å². The fourth-order valence-corrected chi connectivity index (χ4v) is 4.77. The standard InChI is InChI=1S/C25H30N2O5/c1-4-32-13-7-11-26-24(28)22-18-14-20(30-2)21(31-3)15-19(18)25(29)27-12-10-16-8-5-6-9-17(16)23(22)27/h5-6,8-9,14-15,22-23H,4,7,10-13H2,1-3H3,(H,26,28)/t22-,23+/m0/s1. The van der Waals surface area contributed by atoms with Gasteiger partial charge in [-0.1, -0.05) is 24.3 Å². The molecular weight excluding hydrogens is 408 g/mol. The lowest BCUT2D eigenvalue weighted by molar-refractivity contribution is -0.124. The molecular formula is C25H30N2O5. The third-order valence-electron chi connectivity index (χ3n) is 6.28. The molecule has 2 aliphatic heterocycles. The number of fused-ring (bicyclic) bond motifs is 4. The van der Waals surface area contributed by atoms with Crippen molar-refractivity contribution in [2.24, 2.45) is 0 Å². The molecule has 7 nitrogen and oxygen atoms in total. The van der Waals surface area contributed by atoms with Gasteiger partial charge in [0.1, 0.15) is 0 Å². The average molecular weight is 439 g/mol. The number of rotatable bonds is 8. The summed E-state index contributed by atoms with van der Waals surface area (Å²) in [4.78, 5) is 28.9. The van der Waals surface area contributed by atoms with Crippen molar-refractivity contribution >= 4 is 11.8 Å². The number of methoxy groups -OCH3 is 2. The summed E-state index contributed by atoms with van der Waals surface area (Å²) in [5, 5.41) is 3.07. The van der Waals surface area contributed by atoms with Gasteiger partial charge in [-0.2, -0.15) is 0 Å². The number of hydrogen-bond acceptors (Lipinski definition) is 5. The van der Waals surface area contributed by atoms with E-state index in [1.807, 2.05) is 30.0 Å². The van der Waals surface area contributed by atoms with E-state index >= 15 is 0 Å². The highest BCUT2D eigenvalue weighted by Crippen LogP contribution is 2.48. The van der Waals surface area contributed by atoms with Gasteiger partial charge in [0.15, 0.2) is 11.5 Å². The number of ether oxygens (including phenoxy) is 3. The Kier molecular flexibility index (Phi) is 6.65. The maximum absolute atomic E-state index is 13.6. The summed E-state index contributed by atoms with van der Waals surface area (Å²) in [6.45, 7) is 4.29. The van der Waals surface area contributed by atoms with Gasteiger partial charge in [-0.25, -0.2) is 0 Å². The quantitative estimate of drug-likeness (QED) is 0.641. The molecule has 2 heterocycles. The van der Waals surface area contributed by atoms with Gasteiger partial charge in [-0.05, 0) is 48.6 Å². The molecule has 0 fully saturated rings. The van der Waals surface area contributed by atoms with Crippen LogP contribution in [0.5, 0.6) is 11.5 Å². The molecule has 0 bridgehead atoms. The molecule has 0 radical (unpaired) electrons. The number of carbonyl (C=O) groups is 2. The van der Waals surface area contributed by atoms with Crippen molar-refractivity contribution in [3.8, 4) is 11.5 Å². The zero-order chi connectivity index (χ0) is 22.7. The summed E-state index contributed by atoms with van der Waals surface area (Å²) in [5.41, 5.74) is 3.38. The van der Waals surface area contributed by atoms with Crippen LogP contribution in [0.15, 0.2) is 36.4 Å². The Morgan fingerprint density at radius 2 is 1.88 bits per heavy atom. The first-order valence-corrected chi connectivity index (χ1v) is 11.1. The van der Waals surface area contributed by atoms with Crippen molar-refractivity contribution in [1.82, 2.24) is 10.2 Å². The van der Waals surface area contributed by atoms with Crippen LogP contribution >= 0.6 is 0 Å². The third kappa shape index (κ3) is 3.93. The van der Waals surface area contributed by atoms with Gasteiger partial charge in [0.25, 0.3) is 5.91 Å². The predicted molar refractivity (Wildman–Crippen MR) is 120 cm³/mol. The van der Waals surface area contributed by atoms with E-state index in [-0.39, 0.29) is 17.9 Å². The fourth-order valence-electron chi connectivity index (χ4n) is 4.77. The maximum Gasteiger partial charge on any atom is 0.254 e.